The number of rotatable bonds is 6. The summed E-state index contributed by atoms with van der Waals surface area (Å²) in [6.07, 6.45) is 0.841. The molecule has 3 rings (SSSR count). The molecule has 2 unspecified atom stereocenters. The van der Waals surface area contributed by atoms with Crippen molar-refractivity contribution in [3.05, 3.63) is 48.0 Å². The number of nitrogens with zero attached hydrogens (tertiary/aromatic N) is 2. The summed E-state index contributed by atoms with van der Waals surface area (Å²) >= 11 is 0. The van der Waals surface area contributed by atoms with Crippen LogP contribution in [0.5, 0.6) is 0 Å². The van der Waals surface area contributed by atoms with Gasteiger partial charge in [0.05, 0.1) is 12.1 Å². The number of anilines is 3. The molecule has 1 aromatic carbocycles. The van der Waals surface area contributed by atoms with Gasteiger partial charge in [-0.1, -0.05) is 38.1 Å². The first-order valence-electron chi connectivity index (χ1n) is 8.59. The van der Waals surface area contributed by atoms with Crippen LogP contribution >= 0.6 is 0 Å². The lowest BCUT2D eigenvalue weighted by Crippen LogP contribution is -2.39. The van der Waals surface area contributed by atoms with Gasteiger partial charge < -0.3 is 21.7 Å². The average Bonchev–Trinajstić information content (AvgIpc) is 3.36. The van der Waals surface area contributed by atoms with Gasteiger partial charge >= 0.3 is 0 Å². The lowest BCUT2D eigenvalue weighted by Gasteiger charge is -2.15. The first-order chi connectivity index (χ1) is 12.0. The van der Waals surface area contributed by atoms with Crippen molar-refractivity contribution in [2.24, 2.45) is 11.7 Å². The molecule has 1 saturated heterocycles. The van der Waals surface area contributed by atoms with Crippen molar-refractivity contribution in [3.8, 4) is 0 Å². The lowest BCUT2D eigenvalue weighted by molar-refractivity contribution is -0.118. The first kappa shape index (κ1) is 17.2. The van der Waals surface area contributed by atoms with E-state index in [1.807, 2.05) is 38.1 Å². The van der Waals surface area contributed by atoms with E-state index in [-0.39, 0.29) is 11.8 Å². The Morgan fingerprint density at radius 2 is 2.00 bits per heavy atom. The summed E-state index contributed by atoms with van der Waals surface area (Å²) < 4.78 is 0. The van der Waals surface area contributed by atoms with E-state index >= 15 is 0 Å². The molecule has 0 aliphatic carbocycles. The Hall–Kier alpha value is -2.60. The Kier molecular flexibility index (Phi) is 4.90. The minimum atomic E-state index is -0.561. The van der Waals surface area contributed by atoms with E-state index in [0.717, 1.165) is 18.5 Å². The lowest BCUT2D eigenvalue weighted by atomic mass is 10.1. The number of pyridine rings is 1. The number of nitrogens with two attached hydrogens (primary N) is 2. The molecule has 0 bridgehead atoms. The van der Waals surface area contributed by atoms with Gasteiger partial charge in [-0.2, -0.15) is 0 Å². The van der Waals surface area contributed by atoms with Gasteiger partial charge in [-0.25, -0.2) is 4.98 Å². The van der Waals surface area contributed by atoms with Crippen molar-refractivity contribution in [1.82, 2.24) is 4.98 Å². The summed E-state index contributed by atoms with van der Waals surface area (Å²) in [5, 5.41) is 2.73. The fourth-order valence-corrected chi connectivity index (χ4v) is 2.80. The third kappa shape index (κ3) is 4.09. The maximum atomic E-state index is 12.0. The molecule has 2 heterocycles. The summed E-state index contributed by atoms with van der Waals surface area (Å²) in [5.74, 6) is 0.719. The molecule has 25 heavy (non-hydrogen) atoms. The maximum absolute atomic E-state index is 12.0. The Bertz CT molecular complexity index is 747. The second kappa shape index (κ2) is 7.11. The topological polar surface area (TPSA) is 97.0 Å². The number of nitrogen functional groups attached to an aromatic ring is 1. The molecule has 0 spiro atoms. The van der Waals surface area contributed by atoms with E-state index < -0.39 is 6.04 Å². The Morgan fingerprint density at radius 1 is 1.28 bits per heavy atom. The predicted octanol–water partition coefficient (Wildman–Crippen LogP) is 2.02. The average molecular weight is 339 g/mol. The van der Waals surface area contributed by atoms with Gasteiger partial charge in [0.2, 0.25) is 5.91 Å². The Balaban J connectivity index is 1.61. The zero-order valence-corrected chi connectivity index (χ0v) is 14.6. The van der Waals surface area contributed by atoms with Gasteiger partial charge in [0, 0.05) is 12.2 Å². The predicted molar refractivity (Wildman–Crippen MR) is 101 cm³/mol. The van der Waals surface area contributed by atoms with Crippen LogP contribution in [-0.2, 0) is 11.2 Å². The quantitative estimate of drug-likeness (QED) is 0.700. The molecule has 2 aromatic rings. The normalized spacial score (nSPS) is 17.4. The number of carbonyl (C=O) groups excluding carboxylic acids is 1. The number of hydrogen-bond donors (Lipinski definition) is 3. The molecule has 1 aliphatic heterocycles. The van der Waals surface area contributed by atoms with Crippen LogP contribution < -0.4 is 21.7 Å². The van der Waals surface area contributed by atoms with Crippen molar-refractivity contribution < 1.29 is 4.79 Å². The molecule has 1 aliphatic rings. The highest BCUT2D eigenvalue weighted by atomic mass is 16.2. The molecule has 6 nitrogen and oxygen atoms in total. The van der Waals surface area contributed by atoms with Crippen LogP contribution in [0.15, 0.2) is 42.5 Å². The minimum absolute atomic E-state index is 0.0652. The van der Waals surface area contributed by atoms with E-state index in [1.165, 1.54) is 5.69 Å². The number of nitrogens with one attached hydrogen (secondary N) is 1. The number of aromatic nitrogens is 1. The summed E-state index contributed by atoms with van der Waals surface area (Å²) in [6.45, 7) is 4.83. The smallest absolute Gasteiger partial charge is 0.242 e. The molecule has 2 atom stereocenters. The molecule has 1 fully saturated rings. The molecule has 1 amide bonds. The third-order valence-corrected chi connectivity index (χ3v) is 4.54. The van der Waals surface area contributed by atoms with Crippen LogP contribution in [0.2, 0.25) is 0 Å². The first-order valence-corrected chi connectivity index (χ1v) is 8.59. The summed E-state index contributed by atoms with van der Waals surface area (Å²) in [4.78, 5) is 18.6. The summed E-state index contributed by atoms with van der Waals surface area (Å²) in [5.41, 5.74) is 14.1. The standard InChI is InChI=1S/C19H25N5O/c1-12(2)17(20)19(25)23-16-9-8-13(18(21)22-16)10-15-11-24(15)14-6-4-3-5-7-14/h3-9,12,15,17H,10-11,20H2,1-2H3,(H3,21,22,23,25). The van der Waals surface area contributed by atoms with Crippen LogP contribution in [-0.4, -0.2) is 29.5 Å². The minimum Gasteiger partial charge on any atom is -0.383 e. The van der Waals surface area contributed by atoms with Gasteiger partial charge in [0.15, 0.2) is 0 Å². The van der Waals surface area contributed by atoms with Crippen molar-refractivity contribution in [3.63, 3.8) is 0 Å². The van der Waals surface area contributed by atoms with E-state index in [1.54, 1.807) is 6.07 Å². The molecule has 6 heteroatoms. The van der Waals surface area contributed by atoms with Crippen LogP contribution in [0.4, 0.5) is 17.3 Å². The van der Waals surface area contributed by atoms with Crippen molar-refractivity contribution in [1.29, 1.82) is 0 Å². The molecule has 1 aromatic heterocycles. The van der Waals surface area contributed by atoms with Gasteiger partial charge in [-0.3, -0.25) is 4.79 Å². The zero-order valence-electron chi connectivity index (χ0n) is 14.6. The second-order valence-electron chi connectivity index (χ2n) is 6.85. The van der Waals surface area contributed by atoms with Crippen LogP contribution in [0.25, 0.3) is 0 Å². The van der Waals surface area contributed by atoms with Crippen molar-refractivity contribution >= 4 is 23.2 Å². The van der Waals surface area contributed by atoms with E-state index in [0.29, 0.717) is 17.7 Å². The van der Waals surface area contributed by atoms with Gasteiger partial charge in [-0.15, -0.1) is 0 Å². The largest absolute Gasteiger partial charge is 0.383 e. The number of para-hydroxylation sites is 1. The molecule has 132 valence electrons. The van der Waals surface area contributed by atoms with Crippen LogP contribution in [0.1, 0.15) is 19.4 Å². The zero-order chi connectivity index (χ0) is 18.0. The van der Waals surface area contributed by atoms with Crippen LogP contribution in [0, 0.1) is 5.92 Å². The maximum Gasteiger partial charge on any atom is 0.242 e. The monoisotopic (exact) mass is 339 g/mol. The van der Waals surface area contributed by atoms with Gasteiger partial charge in [0.25, 0.3) is 0 Å². The molecule has 0 radical (unpaired) electrons. The molecule has 0 saturated carbocycles. The third-order valence-electron chi connectivity index (χ3n) is 4.54. The Labute approximate surface area is 148 Å². The fraction of sp³-hybridized carbons (Fsp3) is 0.368. The molecular weight excluding hydrogens is 314 g/mol. The number of hydrogen-bond acceptors (Lipinski definition) is 5. The summed E-state index contributed by atoms with van der Waals surface area (Å²) in [7, 11) is 0. The van der Waals surface area contributed by atoms with E-state index in [4.69, 9.17) is 11.5 Å². The number of carbonyl (C=O) groups is 1. The van der Waals surface area contributed by atoms with Gasteiger partial charge in [0.1, 0.15) is 11.6 Å². The SMILES string of the molecule is CC(C)C(N)C(=O)Nc1ccc(CC2CN2c2ccccc2)c(N)n1. The number of amides is 1. The van der Waals surface area contributed by atoms with Gasteiger partial charge in [-0.05, 0) is 36.1 Å². The van der Waals surface area contributed by atoms with Crippen molar-refractivity contribution in [2.75, 3.05) is 22.5 Å². The van der Waals surface area contributed by atoms with E-state index in [9.17, 15) is 4.79 Å². The summed E-state index contributed by atoms with van der Waals surface area (Å²) in [6, 6.07) is 13.9. The fourth-order valence-electron chi connectivity index (χ4n) is 2.80. The van der Waals surface area contributed by atoms with E-state index in [2.05, 4.69) is 27.3 Å². The van der Waals surface area contributed by atoms with Crippen LogP contribution in [0.3, 0.4) is 0 Å². The second-order valence-corrected chi connectivity index (χ2v) is 6.85. The Morgan fingerprint density at radius 3 is 2.64 bits per heavy atom. The number of benzene rings is 1. The highest BCUT2D eigenvalue weighted by Gasteiger charge is 2.34. The highest BCUT2D eigenvalue weighted by Crippen LogP contribution is 2.30. The molecule has 5 N–H and O–H groups in total. The highest BCUT2D eigenvalue weighted by molar-refractivity contribution is 5.94. The molecular formula is C19H25N5O. The van der Waals surface area contributed by atoms with Crippen molar-refractivity contribution in [2.45, 2.75) is 32.4 Å².